The molecule has 0 bridgehead atoms. The second kappa shape index (κ2) is 11.4. The summed E-state index contributed by atoms with van der Waals surface area (Å²) in [6, 6.07) is 15.8. The molecular weight excluding hydrogens is 406 g/mol. The number of nitrogens with zero attached hydrogens (tertiary/aromatic N) is 1. The first-order valence-corrected chi connectivity index (χ1v) is 11.1. The smallest absolute Gasteiger partial charge is 0.320 e. The van der Waals surface area contributed by atoms with Crippen LogP contribution in [0.5, 0.6) is 0 Å². The van der Waals surface area contributed by atoms with Gasteiger partial charge in [0.1, 0.15) is 0 Å². The average Bonchev–Trinajstić information content (AvgIpc) is 2.68. The number of esters is 1. The third-order valence-electron chi connectivity index (χ3n) is 4.26. The predicted molar refractivity (Wildman–Crippen MR) is 113 cm³/mol. The summed E-state index contributed by atoms with van der Waals surface area (Å²) in [7, 11) is -3.72. The first kappa shape index (κ1) is 23.5. The summed E-state index contributed by atoms with van der Waals surface area (Å²) in [6.45, 7) is 2.92. The Morgan fingerprint density at radius 2 is 1.67 bits per heavy atom. The molecular formula is C21H27N3O5S. The first-order chi connectivity index (χ1) is 14.3. The highest BCUT2D eigenvalue weighted by molar-refractivity contribution is 7.89. The lowest BCUT2D eigenvalue weighted by molar-refractivity contribution is -0.144. The van der Waals surface area contributed by atoms with Crippen molar-refractivity contribution in [1.29, 1.82) is 0 Å². The number of ether oxygens (including phenoxy) is 1. The second-order valence-electron chi connectivity index (χ2n) is 6.72. The third kappa shape index (κ3) is 8.32. The lowest BCUT2D eigenvalue weighted by Gasteiger charge is -2.21. The molecule has 0 spiro atoms. The van der Waals surface area contributed by atoms with E-state index in [1.54, 1.807) is 24.0 Å². The van der Waals surface area contributed by atoms with Gasteiger partial charge in [-0.1, -0.05) is 42.5 Å². The molecule has 0 unspecified atom stereocenters. The number of carbonyl (C=O) groups is 2. The zero-order valence-corrected chi connectivity index (χ0v) is 17.7. The Balaban J connectivity index is 1.87. The Kier molecular flexibility index (Phi) is 8.97. The van der Waals surface area contributed by atoms with Crippen LogP contribution in [0, 0.1) is 0 Å². The zero-order valence-electron chi connectivity index (χ0n) is 16.9. The van der Waals surface area contributed by atoms with Crippen molar-refractivity contribution in [2.24, 2.45) is 5.14 Å². The van der Waals surface area contributed by atoms with Crippen molar-refractivity contribution in [3.8, 4) is 0 Å². The molecule has 0 aromatic heterocycles. The van der Waals surface area contributed by atoms with Crippen molar-refractivity contribution in [2.45, 2.75) is 24.8 Å². The molecule has 0 aliphatic heterocycles. The molecule has 162 valence electrons. The van der Waals surface area contributed by atoms with Crippen LogP contribution >= 0.6 is 0 Å². The van der Waals surface area contributed by atoms with Crippen molar-refractivity contribution in [3.05, 3.63) is 65.7 Å². The first-order valence-electron chi connectivity index (χ1n) is 9.58. The van der Waals surface area contributed by atoms with Crippen molar-refractivity contribution in [3.63, 3.8) is 0 Å². The van der Waals surface area contributed by atoms with Gasteiger partial charge in [0.25, 0.3) is 0 Å². The Labute approximate surface area is 177 Å². The number of carbonyl (C=O) groups excluding carboxylic acids is 2. The highest BCUT2D eigenvalue weighted by Gasteiger charge is 2.16. The molecule has 0 saturated carbocycles. The number of amides is 1. The van der Waals surface area contributed by atoms with Gasteiger partial charge in [-0.15, -0.1) is 0 Å². The van der Waals surface area contributed by atoms with Gasteiger partial charge in [0.2, 0.25) is 15.9 Å². The molecule has 1 amide bonds. The van der Waals surface area contributed by atoms with Crippen LogP contribution in [0.4, 0.5) is 0 Å². The van der Waals surface area contributed by atoms with Gasteiger partial charge in [0.15, 0.2) is 0 Å². The van der Waals surface area contributed by atoms with E-state index in [0.29, 0.717) is 19.5 Å². The van der Waals surface area contributed by atoms with Crippen molar-refractivity contribution in [2.75, 3.05) is 26.2 Å². The molecule has 0 radical (unpaired) electrons. The van der Waals surface area contributed by atoms with E-state index in [2.05, 4.69) is 5.32 Å². The summed E-state index contributed by atoms with van der Waals surface area (Å²) in [5.41, 5.74) is 1.86. The summed E-state index contributed by atoms with van der Waals surface area (Å²) in [5, 5.41) is 7.90. The van der Waals surface area contributed by atoms with Gasteiger partial charge in [-0.25, -0.2) is 13.6 Å². The molecule has 2 aromatic rings. The molecule has 3 N–H and O–H groups in total. The van der Waals surface area contributed by atoms with Crippen molar-refractivity contribution < 1.29 is 22.7 Å². The van der Waals surface area contributed by atoms with Gasteiger partial charge in [-0.3, -0.25) is 14.5 Å². The van der Waals surface area contributed by atoms with E-state index in [1.807, 2.05) is 30.3 Å². The molecule has 8 nitrogen and oxygen atoms in total. The molecule has 0 aliphatic carbocycles. The molecule has 9 heteroatoms. The minimum Gasteiger partial charge on any atom is -0.465 e. The Morgan fingerprint density at radius 3 is 2.27 bits per heavy atom. The van der Waals surface area contributed by atoms with Gasteiger partial charge in [0.05, 0.1) is 24.6 Å². The lowest BCUT2D eigenvalue weighted by atomic mass is 10.1. The maximum Gasteiger partial charge on any atom is 0.320 e. The highest BCUT2D eigenvalue weighted by Crippen LogP contribution is 2.09. The van der Waals surface area contributed by atoms with Gasteiger partial charge >= 0.3 is 5.97 Å². The van der Waals surface area contributed by atoms with Crippen LogP contribution in [0.2, 0.25) is 0 Å². The topological polar surface area (TPSA) is 119 Å². The summed E-state index contributed by atoms with van der Waals surface area (Å²) >= 11 is 0. The summed E-state index contributed by atoms with van der Waals surface area (Å²) < 4.78 is 27.6. The van der Waals surface area contributed by atoms with Crippen LogP contribution < -0.4 is 10.5 Å². The van der Waals surface area contributed by atoms with E-state index in [0.717, 1.165) is 11.1 Å². The number of rotatable bonds is 11. The number of benzene rings is 2. The quantitative estimate of drug-likeness (QED) is 0.512. The van der Waals surface area contributed by atoms with E-state index < -0.39 is 10.0 Å². The third-order valence-corrected chi connectivity index (χ3v) is 5.19. The van der Waals surface area contributed by atoms with E-state index >= 15 is 0 Å². The van der Waals surface area contributed by atoms with E-state index in [-0.39, 0.29) is 36.5 Å². The number of hydrogen-bond donors (Lipinski definition) is 2. The van der Waals surface area contributed by atoms with E-state index in [1.165, 1.54) is 12.1 Å². The standard InChI is InChI=1S/C21H27N3O5S/c1-2-29-21(26)16-24(14-18-6-4-3-5-7-18)15-20(25)23-13-12-17-8-10-19(11-9-17)30(22,27)28/h3-11H,2,12-16H2,1H3,(H,23,25)(H2,22,27,28). The SMILES string of the molecule is CCOC(=O)CN(CC(=O)NCCc1ccc(S(N)(=O)=O)cc1)Cc1ccccc1. The van der Waals surface area contributed by atoms with Crippen molar-refractivity contribution >= 4 is 21.9 Å². The molecule has 30 heavy (non-hydrogen) atoms. The second-order valence-corrected chi connectivity index (χ2v) is 8.29. The highest BCUT2D eigenvalue weighted by atomic mass is 32.2. The molecule has 0 heterocycles. The summed E-state index contributed by atoms with van der Waals surface area (Å²) in [4.78, 5) is 26.0. The Bertz CT molecular complexity index is 931. The minimum absolute atomic E-state index is 0.0190. The number of sulfonamides is 1. The largest absolute Gasteiger partial charge is 0.465 e. The van der Waals surface area contributed by atoms with E-state index in [4.69, 9.17) is 9.88 Å². The average molecular weight is 434 g/mol. The zero-order chi connectivity index (χ0) is 22.0. The predicted octanol–water partition coefficient (Wildman–Crippen LogP) is 1.06. The van der Waals surface area contributed by atoms with Gasteiger partial charge in [-0.2, -0.15) is 0 Å². The lowest BCUT2D eigenvalue weighted by Crippen LogP contribution is -2.40. The van der Waals surface area contributed by atoms with Crippen LogP contribution in [0.15, 0.2) is 59.5 Å². The fourth-order valence-electron chi connectivity index (χ4n) is 2.85. The summed E-state index contributed by atoms with van der Waals surface area (Å²) in [5.74, 6) is -0.590. The van der Waals surface area contributed by atoms with Gasteiger partial charge in [-0.05, 0) is 36.6 Å². The number of nitrogens with two attached hydrogens (primary N) is 1. The molecule has 2 aromatic carbocycles. The minimum atomic E-state index is -3.72. The Hall–Kier alpha value is -2.75. The fraction of sp³-hybridized carbons (Fsp3) is 0.333. The maximum absolute atomic E-state index is 12.4. The van der Waals surface area contributed by atoms with Gasteiger partial charge < -0.3 is 10.1 Å². The van der Waals surface area contributed by atoms with Gasteiger partial charge in [0, 0.05) is 13.1 Å². The summed E-state index contributed by atoms with van der Waals surface area (Å²) in [6.07, 6.45) is 0.535. The molecule has 0 saturated heterocycles. The Morgan fingerprint density at radius 1 is 1.00 bits per heavy atom. The number of hydrogen-bond acceptors (Lipinski definition) is 6. The molecule has 2 rings (SSSR count). The normalized spacial score (nSPS) is 11.3. The molecule has 0 atom stereocenters. The van der Waals surface area contributed by atoms with Crippen LogP contribution in [0.25, 0.3) is 0 Å². The molecule has 0 fully saturated rings. The van der Waals surface area contributed by atoms with Crippen LogP contribution in [0.3, 0.4) is 0 Å². The van der Waals surface area contributed by atoms with E-state index in [9.17, 15) is 18.0 Å². The molecule has 0 aliphatic rings. The number of nitrogens with one attached hydrogen (secondary N) is 1. The number of primary sulfonamides is 1. The van der Waals surface area contributed by atoms with Crippen LogP contribution in [-0.4, -0.2) is 51.4 Å². The monoisotopic (exact) mass is 433 g/mol. The van der Waals surface area contributed by atoms with Crippen LogP contribution in [-0.2, 0) is 37.3 Å². The van der Waals surface area contributed by atoms with Crippen molar-refractivity contribution in [1.82, 2.24) is 10.2 Å². The van der Waals surface area contributed by atoms with Crippen LogP contribution in [0.1, 0.15) is 18.1 Å². The fourth-order valence-corrected chi connectivity index (χ4v) is 3.37. The maximum atomic E-state index is 12.4.